The minimum Gasteiger partial charge on any atom is -0.342 e. The van der Waals surface area contributed by atoms with Crippen LogP contribution in [0.25, 0.3) is 0 Å². The maximum Gasteiger partial charge on any atom is 0.236 e. The average molecular weight is 273 g/mol. The van der Waals surface area contributed by atoms with Gasteiger partial charge in [-0.1, -0.05) is 11.6 Å². The summed E-state index contributed by atoms with van der Waals surface area (Å²) in [7, 11) is 1.89. The molecule has 1 N–H and O–H groups in total. The minimum atomic E-state index is 0.191. The predicted molar refractivity (Wildman–Crippen MR) is 71.7 cm³/mol. The Hall–Kier alpha value is -0.580. The van der Waals surface area contributed by atoms with Crippen molar-refractivity contribution in [2.24, 2.45) is 0 Å². The highest BCUT2D eigenvalue weighted by molar-refractivity contribution is 7.16. The molecule has 1 heterocycles. The standard InChI is InChI=1S/C12H17ClN2OS/c1-15(9-2-3-9)12(16)8-14-7-6-10-4-5-11(13)17-10/h4-5,9,14H,2-3,6-8H2,1H3. The van der Waals surface area contributed by atoms with E-state index in [1.165, 1.54) is 4.88 Å². The lowest BCUT2D eigenvalue weighted by molar-refractivity contribution is -0.129. The second-order valence-electron chi connectivity index (χ2n) is 4.37. The maximum atomic E-state index is 11.7. The smallest absolute Gasteiger partial charge is 0.236 e. The molecule has 1 fully saturated rings. The molecule has 0 saturated heterocycles. The first kappa shape index (κ1) is 12.9. The van der Waals surface area contributed by atoms with Gasteiger partial charge in [-0.3, -0.25) is 4.79 Å². The molecular weight excluding hydrogens is 256 g/mol. The Balaban J connectivity index is 1.61. The number of hydrogen-bond donors (Lipinski definition) is 1. The van der Waals surface area contributed by atoms with Crippen LogP contribution in [0.2, 0.25) is 4.34 Å². The lowest BCUT2D eigenvalue weighted by Crippen LogP contribution is -2.37. The summed E-state index contributed by atoms with van der Waals surface area (Å²) in [5.74, 6) is 0.191. The zero-order valence-electron chi connectivity index (χ0n) is 9.91. The van der Waals surface area contributed by atoms with Gasteiger partial charge in [-0.15, -0.1) is 11.3 Å². The summed E-state index contributed by atoms with van der Waals surface area (Å²) < 4.78 is 0.824. The van der Waals surface area contributed by atoms with Crippen molar-refractivity contribution >= 4 is 28.8 Å². The molecule has 3 nitrogen and oxygen atoms in total. The van der Waals surface area contributed by atoms with Crippen molar-refractivity contribution in [1.82, 2.24) is 10.2 Å². The first-order valence-corrected chi connectivity index (χ1v) is 7.07. The molecule has 0 aromatic carbocycles. The third-order valence-electron chi connectivity index (χ3n) is 2.94. The van der Waals surface area contributed by atoms with Crippen LogP contribution in [0.3, 0.4) is 0 Å². The van der Waals surface area contributed by atoms with Crippen LogP contribution in [0, 0.1) is 0 Å². The summed E-state index contributed by atoms with van der Waals surface area (Å²) in [4.78, 5) is 14.8. The number of likely N-dealkylation sites (N-methyl/N-ethyl adjacent to an activating group) is 1. The van der Waals surface area contributed by atoms with Crippen LogP contribution in [0.5, 0.6) is 0 Å². The number of hydrogen-bond acceptors (Lipinski definition) is 3. The van der Waals surface area contributed by atoms with Gasteiger partial charge in [-0.2, -0.15) is 0 Å². The zero-order chi connectivity index (χ0) is 12.3. The van der Waals surface area contributed by atoms with Gasteiger partial charge in [0.25, 0.3) is 0 Å². The van der Waals surface area contributed by atoms with Crippen molar-refractivity contribution in [2.75, 3.05) is 20.1 Å². The molecule has 1 aliphatic carbocycles. The van der Waals surface area contributed by atoms with Crippen LogP contribution in [0.1, 0.15) is 17.7 Å². The molecule has 1 aromatic rings. The van der Waals surface area contributed by atoms with Crippen LogP contribution < -0.4 is 5.32 Å². The molecule has 1 amide bonds. The van der Waals surface area contributed by atoms with Gasteiger partial charge in [-0.25, -0.2) is 0 Å². The number of halogens is 1. The lowest BCUT2D eigenvalue weighted by atomic mass is 10.3. The number of nitrogens with zero attached hydrogens (tertiary/aromatic N) is 1. The van der Waals surface area contributed by atoms with Gasteiger partial charge < -0.3 is 10.2 Å². The largest absolute Gasteiger partial charge is 0.342 e. The van der Waals surface area contributed by atoms with E-state index in [-0.39, 0.29) is 5.91 Å². The summed E-state index contributed by atoms with van der Waals surface area (Å²) in [6.07, 6.45) is 3.25. The van der Waals surface area contributed by atoms with Crippen molar-refractivity contribution in [3.05, 3.63) is 21.3 Å². The summed E-state index contributed by atoms with van der Waals surface area (Å²) in [6, 6.07) is 4.45. The topological polar surface area (TPSA) is 32.3 Å². The number of carbonyl (C=O) groups excluding carboxylic acids is 1. The van der Waals surface area contributed by atoms with E-state index in [4.69, 9.17) is 11.6 Å². The number of rotatable bonds is 6. The van der Waals surface area contributed by atoms with E-state index in [0.717, 1.165) is 30.1 Å². The van der Waals surface area contributed by atoms with Crippen molar-refractivity contribution < 1.29 is 4.79 Å². The first-order chi connectivity index (χ1) is 8.16. The zero-order valence-corrected chi connectivity index (χ0v) is 11.5. The molecule has 0 unspecified atom stereocenters. The molecule has 1 aliphatic rings. The van der Waals surface area contributed by atoms with Crippen molar-refractivity contribution in [3.8, 4) is 0 Å². The van der Waals surface area contributed by atoms with Gasteiger partial charge in [0.15, 0.2) is 0 Å². The molecule has 0 atom stereocenters. The molecular formula is C12H17ClN2OS. The van der Waals surface area contributed by atoms with Gasteiger partial charge in [0.05, 0.1) is 10.9 Å². The number of thiophene rings is 1. The molecule has 0 radical (unpaired) electrons. The van der Waals surface area contributed by atoms with E-state index in [1.54, 1.807) is 11.3 Å². The number of carbonyl (C=O) groups is 1. The summed E-state index contributed by atoms with van der Waals surface area (Å²) >= 11 is 7.44. The SMILES string of the molecule is CN(C(=O)CNCCc1ccc(Cl)s1)C1CC1. The van der Waals surface area contributed by atoms with E-state index in [1.807, 2.05) is 24.1 Å². The van der Waals surface area contributed by atoms with Crippen LogP contribution in [0.15, 0.2) is 12.1 Å². The molecule has 0 bridgehead atoms. The van der Waals surface area contributed by atoms with E-state index in [2.05, 4.69) is 5.32 Å². The molecule has 5 heteroatoms. The fourth-order valence-electron chi connectivity index (χ4n) is 1.68. The fourth-order valence-corrected chi connectivity index (χ4v) is 2.77. The highest BCUT2D eigenvalue weighted by Gasteiger charge is 2.28. The third kappa shape index (κ3) is 3.98. The third-order valence-corrected chi connectivity index (χ3v) is 4.23. The van der Waals surface area contributed by atoms with Gasteiger partial charge in [0.2, 0.25) is 5.91 Å². The van der Waals surface area contributed by atoms with Crippen molar-refractivity contribution in [1.29, 1.82) is 0 Å². The fraction of sp³-hybridized carbons (Fsp3) is 0.583. The number of nitrogens with one attached hydrogen (secondary N) is 1. The summed E-state index contributed by atoms with van der Waals surface area (Å²) in [5, 5.41) is 3.18. The minimum absolute atomic E-state index is 0.191. The quantitative estimate of drug-likeness (QED) is 0.805. The highest BCUT2D eigenvalue weighted by Crippen LogP contribution is 2.25. The Labute approximate surface area is 111 Å². The Morgan fingerprint density at radius 2 is 2.35 bits per heavy atom. The molecule has 0 spiro atoms. The normalized spacial score (nSPS) is 14.9. The van der Waals surface area contributed by atoms with E-state index in [0.29, 0.717) is 12.6 Å². The van der Waals surface area contributed by atoms with Gasteiger partial charge in [0, 0.05) is 24.5 Å². The molecule has 1 aromatic heterocycles. The molecule has 17 heavy (non-hydrogen) atoms. The Kier molecular flexibility index (Phi) is 4.42. The Morgan fingerprint density at radius 1 is 1.59 bits per heavy atom. The molecule has 2 rings (SSSR count). The highest BCUT2D eigenvalue weighted by atomic mass is 35.5. The first-order valence-electron chi connectivity index (χ1n) is 5.87. The van der Waals surface area contributed by atoms with E-state index in [9.17, 15) is 4.79 Å². The van der Waals surface area contributed by atoms with Crippen LogP contribution in [-0.2, 0) is 11.2 Å². The molecule has 1 saturated carbocycles. The Bertz CT molecular complexity index is 390. The lowest BCUT2D eigenvalue weighted by Gasteiger charge is -2.16. The molecule has 0 aliphatic heterocycles. The second-order valence-corrected chi connectivity index (χ2v) is 6.17. The van der Waals surface area contributed by atoms with Crippen LogP contribution in [0.4, 0.5) is 0 Å². The number of amides is 1. The second kappa shape index (κ2) is 5.85. The van der Waals surface area contributed by atoms with Crippen LogP contribution in [-0.4, -0.2) is 37.0 Å². The van der Waals surface area contributed by atoms with Crippen molar-refractivity contribution in [2.45, 2.75) is 25.3 Å². The van der Waals surface area contributed by atoms with Crippen molar-refractivity contribution in [3.63, 3.8) is 0 Å². The van der Waals surface area contributed by atoms with E-state index >= 15 is 0 Å². The summed E-state index contributed by atoms with van der Waals surface area (Å²) in [6.45, 7) is 1.26. The Morgan fingerprint density at radius 3 is 2.94 bits per heavy atom. The maximum absolute atomic E-state index is 11.7. The summed E-state index contributed by atoms with van der Waals surface area (Å²) in [5.41, 5.74) is 0. The van der Waals surface area contributed by atoms with Gasteiger partial charge in [0.1, 0.15) is 0 Å². The monoisotopic (exact) mass is 272 g/mol. The van der Waals surface area contributed by atoms with Gasteiger partial charge in [-0.05, 0) is 31.4 Å². The predicted octanol–water partition coefficient (Wildman–Crippen LogP) is 2.15. The average Bonchev–Trinajstić information content (AvgIpc) is 3.07. The van der Waals surface area contributed by atoms with E-state index < -0.39 is 0 Å². The van der Waals surface area contributed by atoms with Crippen LogP contribution >= 0.6 is 22.9 Å². The molecule has 94 valence electrons. The van der Waals surface area contributed by atoms with Gasteiger partial charge >= 0.3 is 0 Å².